The summed E-state index contributed by atoms with van der Waals surface area (Å²) in [4.78, 5) is 28.3. The maximum absolute atomic E-state index is 14.8. The summed E-state index contributed by atoms with van der Waals surface area (Å²) in [7, 11) is 0. The number of amides is 2. The number of ether oxygens (including phenoxy) is 2. The lowest BCUT2D eigenvalue weighted by Crippen LogP contribution is -2.47. The van der Waals surface area contributed by atoms with E-state index in [0.717, 1.165) is 32.2 Å². The van der Waals surface area contributed by atoms with Gasteiger partial charge in [-0.3, -0.25) is 14.6 Å². The van der Waals surface area contributed by atoms with Gasteiger partial charge in [0.15, 0.2) is 17.2 Å². The van der Waals surface area contributed by atoms with Crippen molar-refractivity contribution in [2.24, 2.45) is 16.8 Å². The number of nitrogens with one attached hydrogen (secondary N) is 1. The van der Waals surface area contributed by atoms with Gasteiger partial charge < -0.3 is 25.7 Å². The van der Waals surface area contributed by atoms with Crippen molar-refractivity contribution in [2.45, 2.75) is 44.6 Å². The minimum Gasteiger partial charge on any atom is -0.484 e. The van der Waals surface area contributed by atoms with Crippen LogP contribution in [0.4, 0.5) is 27.6 Å². The number of halogens is 5. The fourth-order valence-electron chi connectivity index (χ4n) is 4.04. The standard InChI is InChI=1S/C23H23F5N4O5/c1-10(32-35)9-36-18-13(4-5-14(24)17(18)25)16-11(2)22(3,23(26,27)28)37-19(16)21(34)31-12-6-7-30-15(8-12)20(29)33/h4-8,11,16,19,35H,9H2,1-3H3,(H2,29,33)(H,30,31,34)/b32-10+/t11-,16-,19+,22+/m0/s1. The van der Waals surface area contributed by atoms with Crippen LogP contribution in [0, 0.1) is 17.6 Å². The lowest BCUT2D eigenvalue weighted by Gasteiger charge is -2.32. The molecule has 200 valence electrons. The molecule has 4 atom stereocenters. The number of alkyl halides is 3. The highest BCUT2D eigenvalue weighted by Gasteiger charge is 2.66. The third-order valence-corrected chi connectivity index (χ3v) is 6.24. The van der Waals surface area contributed by atoms with Crippen molar-refractivity contribution in [3.8, 4) is 5.75 Å². The number of rotatable bonds is 7. The molecule has 1 aliphatic rings. The lowest BCUT2D eigenvalue weighted by atomic mass is 9.77. The molecule has 0 saturated carbocycles. The van der Waals surface area contributed by atoms with Crippen LogP contribution in [0.1, 0.15) is 42.7 Å². The smallest absolute Gasteiger partial charge is 0.417 e. The van der Waals surface area contributed by atoms with Crippen LogP contribution in [0.25, 0.3) is 0 Å². The lowest BCUT2D eigenvalue weighted by molar-refractivity contribution is -0.272. The summed E-state index contributed by atoms with van der Waals surface area (Å²) in [6, 6.07) is 4.07. The molecule has 1 aromatic heterocycles. The maximum atomic E-state index is 14.8. The van der Waals surface area contributed by atoms with Crippen LogP contribution < -0.4 is 15.8 Å². The van der Waals surface area contributed by atoms with Crippen molar-refractivity contribution in [3.63, 3.8) is 0 Å². The number of carbonyl (C=O) groups is 2. The monoisotopic (exact) mass is 530 g/mol. The van der Waals surface area contributed by atoms with Gasteiger partial charge in [0.1, 0.15) is 18.4 Å². The molecule has 0 unspecified atom stereocenters. The topological polar surface area (TPSA) is 136 Å². The molecule has 4 N–H and O–H groups in total. The SMILES string of the molecule is C/C(COc1c([C@H]2[C@H](C(=O)Nc3ccnc(C(N)=O)c3)O[C@@](C)(C(F)(F)F)[C@H]2C)ccc(F)c1F)=N\O. The van der Waals surface area contributed by atoms with Gasteiger partial charge in [-0.1, -0.05) is 18.1 Å². The zero-order chi connectivity index (χ0) is 27.7. The Morgan fingerprint density at radius 2 is 1.97 bits per heavy atom. The van der Waals surface area contributed by atoms with Gasteiger partial charge in [0.2, 0.25) is 5.82 Å². The highest BCUT2D eigenvalue weighted by Crippen LogP contribution is 2.55. The van der Waals surface area contributed by atoms with Gasteiger partial charge in [-0.2, -0.15) is 17.6 Å². The fraction of sp³-hybridized carbons (Fsp3) is 0.391. The molecule has 2 aromatic rings. The zero-order valence-corrected chi connectivity index (χ0v) is 19.8. The normalized spacial score (nSPS) is 24.1. The first kappa shape index (κ1) is 27.8. The molecule has 1 saturated heterocycles. The first-order valence-electron chi connectivity index (χ1n) is 10.8. The van der Waals surface area contributed by atoms with Gasteiger partial charge >= 0.3 is 6.18 Å². The Labute approximate surface area is 207 Å². The van der Waals surface area contributed by atoms with Crippen molar-refractivity contribution in [1.29, 1.82) is 0 Å². The predicted octanol–water partition coefficient (Wildman–Crippen LogP) is 3.77. The second-order valence-corrected chi connectivity index (χ2v) is 8.64. The van der Waals surface area contributed by atoms with E-state index in [2.05, 4.69) is 15.5 Å². The summed E-state index contributed by atoms with van der Waals surface area (Å²) in [5, 5.41) is 14.1. The van der Waals surface area contributed by atoms with E-state index in [1.54, 1.807) is 0 Å². The van der Waals surface area contributed by atoms with Crippen LogP contribution in [-0.4, -0.2) is 52.2 Å². The molecule has 37 heavy (non-hydrogen) atoms. The van der Waals surface area contributed by atoms with Crippen LogP contribution in [0.5, 0.6) is 5.75 Å². The predicted molar refractivity (Wildman–Crippen MR) is 119 cm³/mol. The van der Waals surface area contributed by atoms with Gasteiger partial charge in [-0.15, -0.1) is 0 Å². The molecule has 3 rings (SSSR count). The number of aromatic nitrogens is 1. The maximum Gasteiger partial charge on any atom is 0.417 e. The number of primary amides is 1. The van der Waals surface area contributed by atoms with E-state index in [9.17, 15) is 31.5 Å². The van der Waals surface area contributed by atoms with Crippen LogP contribution >= 0.6 is 0 Å². The zero-order valence-electron chi connectivity index (χ0n) is 19.8. The van der Waals surface area contributed by atoms with Crippen molar-refractivity contribution in [1.82, 2.24) is 4.98 Å². The molecular weight excluding hydrogens is 507 g/mol. The van der Waals surface area contributed by atoms with E-state index in [1.807, 2.05) is 0 Å². The molecule has 1 fully saturated rings. The van der Waals surface area contributed by atoms with E-state index in [4.69, 9.17) is 20.4 Å². The van der Waals surface area contributed by atoms with Gasteiger partial charge in [0, 0.05) is 29.3 Å². The molecule has 0 radical (unpaired) electrons. The molecule has 0 spiro atoms. The van der Waals surface area contributed by atoms with E-state index in [1.165, 1.54) is 13.0 Å². The Hall–Kier alpha value is -3.81. The number of carbonyl (C=O) groups excluding carboxylic acids is 2. The summed E-state index contributed by atoms with van der Waals surface area (Å²) in [5.74, 6) is -8.53. The van der Waals surface area contributed by atoms with Crippen molar-refractivity contribution in [2.75, 3.05) is 11.9 Å². The van der Waals surface area contributed by atoms with E-state index >= 15 is 0 Å². The minimum atomic E-state index is -4.95. The summed E-state index contributed by atoms with van der Waals surface area (Å²) >= 11 is 0. The average Bonchev–Trinajstić information content (AvgIpc) is 3.11. The highest BCUT2D eigenvalue weighted by atomic mass is 19.4. The highest BCUT2D eigenvalue weighted by molar-refractivity contribution is 5.97. The van der Waals surface area contributed by atoms with Gasteiger partial charge in [-0.05, 0) is 32.0 Å². The third-order valence-electron chi connectivity index (χ3n) is 6.24. The Kier molecular flexibility index (Phi) is 7.72. The Morgan fingerprint density at radius 1 is 1.30 bits per heavy atom. The van der Waals surface area contributed by atoms with Crippen molar-refractivity contribution in [3.05, 3.63) is 53.4 Å². The summed E-state index contributed by atoms with van der Waals surface area (Å²) in [5.41, 5.74) is 1.78. The molecule has 2 heterocycles. The largest absolute Gasteiger partial charge is 0.484 e. The van der Waals surface area contributed by atoms with Crippen molar-refractivity contribution >= 4 is 23.2 Å². The van der Waals surface area contributed by atoms with Crippen LogP contribution in [0.15, 0.2) is 35.6 Å². The number of pyridine rings is 1. The van der Waals surface area contributed by atoms with Crippen LogP contribution in [0.3, 0.4) is 0 Å². The Balaban J connectivity index is 2.10. The number of anilines is 1. The number of hydrogen-bond donors (Lipinski definition) is 3. The number of nitrogens with two attached hydrogens (primary N) is 1. The molecular formula is C23H23F5N4O5. The average molecular weight is 530 g/mol. The Bertz CT molecular complexity index is 1240. The third kappa shape index (κ3) is 5.33. The molecule has 0 aliphatic carbocycles. The molecule has 2 amide bonds. The van der Waals surface area contributed by atoms with Gasteiger partial charge in [0.25, 0.3) is 11.8 Å². The summed E-state index contributed by atoms with van der Waals surface area (Å²) < 4.78 is 81.8. The quantitative estimate of drug-likeness (QED) is 0.216. The first-order valence-corrected chi connectivity index (χ1v) is 10.8. The van der Waals surface area contributed by atoms with Crippen LogP contribution in [-0.2, 0) is 9.53 Å². The number of hydrogen-bond acceptors (Lipinski definition) is 7. The number of nitrogens with zero attached hydrogens (tertiary/aromatic N) is 2. The minimum absolute atomic E-state index is 0.0130. The number of oxime groups is 1. The fourth-order valence-corrected chi connectivity index (χ4v) is 4.04. The molecule has 1 aliphatic heterocycles. The molecule has 9 nitrogen and oxygen atoms in total. The molecule has 0 bridgehead atoms. The van der Waals surface area contributed by atoms with Crippen LogP contribution in [0.2, 0.25) is 0 Å². The van der Waals surface area contributed by atoms with E-state index in [-0.39, 0.29) is 22.7 Å². The molecule has 1 aromatic carbocycles. The summed E-state index contributed by atoms with van der Waals surface area (Å²) in [6.45, 7) is 2.70. The van der Waals surface area contributed by atoms with Gasteiger partial charge in [0.05, 0.1) is 5.71 Å². The molecule has 14 heteroatoms. The van der Waals surface area contributed by atoms with Gasteiger partial charge in [-0.25, -0.2) is 4.39 Å². The second kappa shape index (κ2) is 10.3. The Morgan fingerprint density at radius 3 is 2.57 bits per heavy atom. The van der Waals surface area contributed by atoms with Crippen molar-refractivity contribution < 1.29 is 46.2 Å². The first-order chi connectivity index (χ1) is 17.2. The second-order valence-electron chi connectivity index (χ2n) is 8.64. The van der Waals surface area contributed by atoms with E-state index < -0.39 is 65.5 Å². The van der Waals surface area contributed by atoms with E-state index in [0.29, 0.717) is 6.07 Å². The number of benzene rings is 1. The summed E-state index contributed by atoms with van der Waals surface area (Å²) in [6.07, 6.45) is -5.65.